The van der Waals surface area contributed by atoms with Crippen molar-refractivity contribution in [1.82, 2.24) is 31.9 Å². The summed E-state index contributed by atoms with van der Waals surface area (Å²) in [5.74, 6) is -11.1. The van der Waals surface area contributed by atoms with Crippen molar-refractivity contribution in [3.8, 4) is 11.1 Å². The van der Waals surface area contributed by atoms with Crippen LogP contribution in [0.5, 0.6) is 0 Å². The highest BCUT2D eigenvalue weighted by Gasteiger charge is 2.29. The van der Waals surface area contributed by atoms with Gasteiger partial charge in [0.2, 0.25) is 0 Å². The van der Waals surface area contributed by atoms with Crippen LogP contribution in [0.3, 0.4) is 0 Å². The summed E-state index contributed by atoms with van der Waals surface area (Å²) in [6, 6.07) is 42.3. The van der Waals surface area contributed by atoms with Crippen LogP contribution in [0.25, 0.3) is 11.1 Å². The predicted octanol–water partition coefficient (Wildman–Crippen LogP) is 5.17. The molecule has 0 aliphatic heterocycles. The van der Waals surface area contributed by atoms with Crippen LogP contribution in [0, 0.1) is 34.6 Å². The first-order valence-corrected chi connectivity index (χ1v) is 44.9. The van der Waals surface area contributed by atoms with Crippen LogP contribution in [0.2, 0.25) is 0 Å². The zero-order valence-corrected chi connectivity index (χ0v) is 71.5. The number of aryl methyl sites for hydroxylation is 5. The summed E-state index contributed by atoms with van der Waals surface area (Å²) < 4.78 is 182. The number of ketones is 6. The molecule has 0 bridgehead atoms. The Bertz CT molecular complexity index is 5420. The van der Waals surface area contributed by atoms with Gasteiger partial charge in [0, 0.05) is 33.4 Å². The summed E-state index contributed by atoms with van der Waals surface area (Å²) in [6.45, 7) is 16.1. The molecule has 12 N–H and O–H groups in total. The van der Waals surface area contributed by atoms with E-state index in [1.807, 2.05) is 51.1 Å². The van der Waals surface area contributed by atoms with Gasteiger partial charge in [-0.2, -0.15) is 50.5 Å². The average molecular weight is 1790 g/mol. The average Bonchev–Trinajstić information content (AvgIpc) is 0.846. The number of Topliss-reactive ketones (excluding diaryl/α,β-unsaturated/α-hetero) is 6. The van der Waals surface area contributed by atoms with E-state index in [0.717, 1.165) is 68.0 Å². The number of rotatable bonds is 32. The van der Waals surface area contributed by atoms with Crippen molar-refractivity contribution >= 4 is 131 Å². The molecule has 0 aromatic heterocycles. The molecular formula is C78H94N6O30S6. The second-order valence-electron chi connectivity index (χ2n) is 26.9. The molecule has 0 radical (unpaired) electrons. The van der Waals surface area contributed by atoms with Crippen LogP contribution in [0.1, 0.15) is 138 Å². The van der Waals surface area contributed by atoms with E-state index in [-0.39, 0.29) is 17.8 Å². The fraction of sp³-hybridized carbons (Fsp3) is 0.308. The van der Waals surface area contributed by atoms with E-state index in [2.05, 4.69) is 31.9 Å². The zero-order chi connectivity index (χ0) is 91.6. The lowest BCUT2D eigenvalue weighted by Crippen LogP contribution is -2.44. The van der Waals surface area contributed by atoms with Crippen LogP contribution in [0.15, 0.2) is 176 Å². The first-order valence-electron chi connectivity index (χ1n) is 35.3. The molecule has 0 saturated carbocycles. The topological polar surface area (TPSA) is 603 Å². The molecule has 0 fully saturated rings. The van der Waals surface area contributed by atoms with Gasteiger partial charge in [0.15, 0.2) is 34.7 Å². The van der Waals surface area contributed by atoms with Gasteiger partial charge in [0.05, 0.1) is 11.8 Å². The molecule has 7 rings (SSSR count). The molecule has 0 spiro atoms. The Morgan fingerprint density at radius 2 is 0.508 bits per heavy atom. The van der Waals surface area contributed by atoms with E-state index in [1.54, 1.807) is 159 Å². The number of hydrogen-bond donors (Lipinski definition) is 12. The molecule has 7 aromatic carbocycles. The Morgan fingerprint density at radius 3 is 0.775 bits per heavy atom. The van der Waals surface area contributed by atoms with Crippen molar-refractivity contribution in [2.75, 3.05) is 34.5 Å². The molecule has 6 amide bonds. The lowest BCUT2D eigenvalue weighted by atomic mass is 10.0. The minimum absolute atomic E-state index is 0.161. The largest absolute Gasteiger partial charge is 0.342 e. The van der Waals surface area contributed by atoms with Crippen molar-refractivity contribution in [2.24, 2.45) is 0 Å². The number of amides is 6. The lowest BCUT2D eigenvalue weighted by molar-refractivity contribution is -0.119. The summed E-state index contributed by atoms with van der Waals surface area (Å²) in [5, 5.41) is 13.9. The summed E-state index contributed by atoms with van der Waals surface area (Å²) in [4.78, 5) is 139. The number of carbonyl (C=O) groups is 12. The molecule has 0 saturated heterocycles. The van der Waals surface area contributed by atoms with Crippen molar-refractivity contribution in [1.29, 1.82) is 0 Å². The summed E-state index contributed by atoms with van der Waals surface area (Å²) >= 11 is 0. The highest BCUT2D eigenvalue weighted by atomic mass is 32.2. The minimum atomic E-state index is -4.37. The Labute approximate surface area is 695 Å². The van der Waals surface area contributed by atoms with Crippen molar-refractivity contribution in [3.05, 3.63) is 237 Å². The van der Waals surface area contributed by atoms with E-state index in [0.29, 0.717) is 33.4 Å². The van der Waals surface area contributed by atoms with Gasteiger partial charge in [0.1, 0.15) is 59.0 Å². The summed E-state index contributed by atoms with van der Waals surface area (Å²) in [7, 11) is -25.9. The van der Waals surface area contributed by atoms with Crippen LogP contribution in [0.4, 0.5) is 0 Å². The molecule has 0 heterocycles. The van der Waals surface area contributed by atoms with E-state index in [4.69, 9.17) is 27.3 Å². The Kier molecular flexibility index (Phi) is 42.1. The van der Waals surface area contributed by atoms with Gasteiger partial charge < -0.3 is 31.9 Å². The maximum absolute atomic E-state index is 12.2. The van der Waals surface area contributed by atoms with Gasteiger partial charge in [0.25, 0.3) is 96.2 Å². The van der Waals surface area contributed by atoms with Crippen LogP contribution < -0.4 is 31.9 Å². The van der Waals surface area contributed by atoms with E-state index in [1.165, 1.54) is 6.92 Å². The predicted molar refractivity (Wildman–Crippen MR) is 442 cm³/mol. The highest BCUT2D eigenvalue weighted by Crippen LogP contribution is 2.20. The molecule has 0 aliphatic carbocycles. The maximum Gasteiger partial charge on any atom is 0.267 e. The quantitative estimate of drug-likeness (QED) is 0.0242. The van der Waals surface area contributed by atoms with Gasteiger partial charge >= 0.3 is 0 Å². The van der Waals surface area contributed by atoms with Crippen LogP contribution >= 0.6 is 0 Å². The maximum atomic E-state index is 12.2. The monoisotopic (exact) mass is 1790 g/mol. The second-order valence-corrected chi connectivity index (χ2v) is 35.9. The third-order valence-corrected chi connectivity index (χ3v) is 20.7. The van der Waals surface area contributed by atoms with Gasteiger partial charge in [-0.15, -0.1) is 0 Å². The molecule has 6 atom stereocenters. The SMILES string of the molecule is CC(=O)C(CCS(=O)(=O)O)NC(=O)c1ccc(C)cc1.CC(=O)C(CS(=O)(=O)O)NC(=O)c1ccc(-c2ccccc2)cc1.CC(=O)C(CS(=O)(=O)O)NC(=O)c1ccc(C)cc1.CC(=O)C(CS(=O)(=O)O)NC(=O)c1ccc(C)cc1.CC(=O)C(CS(=O)(=O)O)NC(=O)c1cccc(C)c1.CC(=O)C(CS(=O)(=O)O)NC(=O)c1ccccc1C. The number of hydrogen-bond acceptors (Lipinski definition) is 24. The Hall–Kier alpha value is -11.2. The normalized spacial score (nSPS) is 12.7. The third-order valence-electron chi connectivity index (χ3n) is 16.2. The van der Waals surface area contributed by atoms with E-state index in [9.17, 15) is 108 Å². The van der Waals surface area contributed by atoms with Gasteiger partial charge in [-0.25, -0.2) is 0 Å². The standard InChI is InChI=1S/C17H17NO5S.C13H17NO5S.4C12H15NO5S/c1-12(19)16(11-24(21,22)23)18-17(20)15-9-7-14(8-10-15)13-5-3-2-4-6-13;1-9-3-5-11(6-4-9)13(16)14-12(10(2)15)7-8-20(17,18)19;2*1-8-3-5-10(6-4-8)12(15)13-11(9(2)14)7-19(16,17)18;1-8-4-3-5-10(6-8)12(15)13-11(9(2)14)7-19(16,17)18;1-8-5-3-4-6-10(8)12(15)13-11(9(2)14)7-19(16,17)18/h2-10,16H,11H2,1H3,(H,18,20)(H,21,22,23);3-6,12H,7-8H2,1-2H3,(H,14,16)(H,17,18,19);4*3-6,11H,7H2,1-2H3,(H,13,15)(H,16,17,18). The molecule has 42 heteroatoms. The highest BCUT2D eigenvalue weighted by molar-refractivity contribution is 7.87. The smallest absolute Gasteiger partial charge is 0.267 e. The molecule has 652 valence electrons. The molecule has 7 aromatic rings. The number of nitrogens with one attached hydrogen (secondary N) is 6. The summed E-state index contributed by atoms with van der Waals surface area (Å²) in [5.41, 5.74) is 8.39. The lowest BCUT2D eigenvalue weighted by Gasteiger charge is -2.15. The molecule has 120 heavy (non-hydrogen) atoms. The van der Waals surface area contributed by atoms with E-state index >= 15 is 0 Å². The van der Waals surface area contributed by atoms with Crippen molar-refractivity contribution < 1.29 is 135 Å². The van der Waals surface area contributed by atoms with E-state index < -0.39 is 196 Å². The number of benzene rings is 7. The van der Waals surface area contributed by atoms with Gasteiger partial charge in [-0.3, -0.25) is 84.9 Å². The molecule has 6 unspecified atom stereocenters. The van der Waals surface area contributed by atoms with Crippen molar-refractivity contribution in [3.63, 3.8) is 0 Å². The Morgan fingerprint density at radius 1 is 0.258 bits per heavy atom. The Balaban J connectivity index is 0.000000489. The zero-order valence-electron chi connectivity index (χ0n) is 66.6. The second kappa shape index (κ2) is 48.2. The van der Waals surface area contributed by atoms with Crippen LogP contribution in [-0.4, -0.2) is 219 Å². The third kappa shape index (κ3) is 44.0. The van der Waals surface area contributed by atoms with Gasteiger partial charge in [-0.05, 0) is 166 Å². The fourth-order valence-electron chi connectivity index (χ4n) is 9.62. The summed E-state index contributed by atoms with van der Waals surface area (Å²) in [6.07, 6.45) is -0.161. The molecule has 0 aliphatic rings. The van der Waals surface area contributed by atoms with Crippen molar-refractivity contribution in [2.45, 2.75) is 119 Å². The first-order chi connectivity index (χ1) is 55.2. The van der Waals surface area contributed by atoms with Gasteiger partial charge in [-0.1, -0.05) is 131 Å². The first kappa shape index (κ1) is 105. The number of carbonyl (C=O) groups excluding carboxylic acids is 12. The molecule has 36 nitrogen and oxygen atoms in total. The van der Waals surface area contributed by atoms with Crippen LogP contribution in [-0.2, 0) is 89.5 Å². The molecular weight excluding hydrogens is 1690 g/mol. The minimum Gasteiger partial charge on any atom is -0.342 e. The fourth-order valence-corrected chi connectivity index (χ4v) is 13.8.